The van der Waals surface area contributed by atoms with Crippen LogP contribution in [0, 0.1) is 0 Å². The number of rotatable bonds is 7. The Morgan fingerprint density at radius 1 is 0.818 bits per heavy atom. The van der Waals surface area contributed by atoms with E-state index >= 15 is 0 Å². The minimum Gasteiger partial charge on any atom is -0.461 e. The zero-order valence-electron chi connectivity index (χ0n) is 25.9. The van der Waals surface area contributed by atoms with Gasteiger partial charge >= 0.3 is 6.01 Å². The second-order valence-corrected chi connectivity index (χ2v) is 13.0. The second-order valence-electron chi connectivity index (χ2n) is 13.0. The minimum absolute atomic E-state index is 0.167. The average molecular weight is 590 g/mol. The fourth-order valence-electron chi connectivity index (χ4n) is 8.25. The van der Waals surface area contributed by atoms with Crippen molar-refractivity contribution < 1.29 is 4.74 Å². The summed E-state index contributed by atoms with van der Waals surface area (Å²) < 4.78 is 6.60. The number of pyridine rings is 1. The van der Waals surface area contributed by atoms with Crippen LogP contribution in [0.4, 0.5) is 17.2 Å². The third kappa shape index (κ3) is 4.93. The van der Waals surface area contributed by atoms with Gasteiger partial charge in [0.1, 0.15) is 12.4 Å². The molecule has 8 rings (SSSR count). The SMILES string of the molecule is CCc1cccc2cccc(N3CCc4c(nc(OCC56CCCN5CCC6)nc4N4CCN(c5cccnc5)CC4)C3)c12. The lowest BCUT2D eigenvalue weighted by atomic mass is 9.95. The van der Waals surface area contributed by atoms with E-state index in [-0.39, 0.29) is 5.54 Å². The van der Waals surface area contributed by atoms with Crippen LogP contribution in [0.25, 0.3) is 10.8 Å². The number of ether oxygens (including phenoxy) is 1. The fourth-order valence-corrected chi connectivity index (χ4v) is 8.25. The van der Waals surface area contributed by atoms with Crippen LogP contribution in [0.15, 0.2) is 60.9 Å². The molecule has 0 radical (unpaired) electrons. The molecule has 0 amide bonds. The molecule has 44 heavy (non-hydrogen) atoms. The summed E-state index contributed by atoms with van der Waals surface area (Å²) in [6.07, 6.45) is 10.7. The van der Waals surface area contributed by atoms with Gasteiger partial charge in [-0.3, -0.25) is 9.88 Å². The number of benzene rings is 2. The van der Waals surface area contributed by atoms with Gasteiger partial charge in [-0.1, -0.05) is 37.3 Å². The number of hydrogen-bond donors (Lipinski definition) is 0. The molecule has 0 aliphatic carbocycles. The predicted molar refractivity (Wildman–Crippen MR) is 177 cm³/mol. The van der Waals surface area contributed by atoms with Gasteiger partial charge < -0.3 is 19.4 Å². The first kappa shape index (κ1) is 27.6. The lowest BCUT2D eigenvalue weighted by molar-refractivity contribution is 0.107. The molecule has 0 unspecified atom stereocenters. The van der Waals surface area contributed by atoms with Crippen LogP contribution in [0.2, 0.25) is 0 Å². The van der Waals surface area contributed by atoms with Crippen molar-refractivity contribution in [2.75, 3.05) is 67.1 Å². The molecule has 0 saturated carbocycles. The van der Waals surface area contributed by atoms with Gasteiger partial charge in [0.25, 0.3) is 0 Å². The van der Waals surface area contributed by atoms with Crippen molar-refractivity contribution in [2.24, 2.45) is 0 Å². The molecule has 2 aromatic heterocycles. The van der Waals surface area contributed by atoms with Crippen molar-refractivity contribution in [3.8, 4) is 6.01 Å². The number of fused-ring (bicyclic) bond motifs is 3. The van der Waals surface area contributed by atoms with Crippen LogP contribution in [0.3, 0.4) is 0 Å². The first-order valence-corrected chi connectivity index (χ1v) is 16.6. The second kappa shape index (κ2) is 11.5. The Morgan fingerprint density at radius 2 is 1.61 bits per heavy atom. The van der Waals surface area contributed by atoms with Gasteiger partial charge in [0.15, 0.2) is 0 Å². The Morgan fingerprint density at radius 3 is 2.39 bits per heavy atom. The number of aryl methyl sites for hydroxylation is 1. The standard InChI is InChI=1S/C36H43N7O/c1-2-27-8-3-9-28-10-4-12-32(33(27)28)42-19-13-30-31(25-42)38-35(44-26-36-14-6-17-43(36)18-7-15-36)39-34(30)41-22-20-40(21-23-41)29-11-5-16-37-24-29/h3-5,8-12,16,24H,2,6-7,13-15,17-23,25-26H2,1H3. The molecule has 8 heteroatoms. The summed E-state index contributed by atoms with van der Waals surface area (Å²) >= 11 is 0. The zero-order chi connectivity index (χ0) is 29.5. The topological polar surface area (TPSA) is 60.9 Å². The Labute approximate surface area is 260 Å². The quantitative estimate of drug-likeness (QED) is 0.281. The van der Waals surface area contributed by atoms with E-state index in [4.69, 9.17) is 14.7 Å². The van der Waals surface area contributed by atoms with Crippen molar-refractivity contribution in [1.29, 1.82) is 0 Å². The van der Waals surface area contributed by atoms with Crippen LogP contribution >= 0.6 is 0 Å². The van der Waals surface area contributed by atoms with Gasteiger partial charge in [0.05, 0.1) is 29.7 Å². The summed E-state index contributed by atoms with van der Waals surface area (Å²) in [4.78, 5) is 24.8. The van der Waals surface area contributed by atoms with Gasteiger partial charge in [0.2, 0.25) is 0 Å². The van der Waals surface area contributed by atoms with Gasteiger partial charge in [0, 0.05) is 55.6 Å². The molecule has 0 N–H and O–H groups in total. The summed E-state index contributed by atoms with van der Waals surface area (Å²) in [6.45, 7) is 10.8. The molecule has 4 aromatic rings. The lowest BCUT2D eigenvalue weighted by Crippen LogP contribution is -2.47. The number of nitrogens with zero attached hydrogens (tertiary/aromatic N) is 7. The average Bonchev–Trinajstić information content (AvgIpc) is 3.67. The van der Waals surface area contributed by atoms with Gasteiger partial charge in [-0.25, -0.2) is 0 Å². The van der Waals surface area contributed by atoms with Crippen LogP contribution in [0.5, 0.6) is 6.01 Å². The molecule has 8 nitrogen and oxygen atoms in total. The van der Waals surface area contributed by atoms with Crippen LogP contribution in [0.1, 0.15) is 49.4 Å². The normalized spacial score (nSPS) is 19.8. The highest BCUT2D eigenvalue weighted by Crippen LogP contribution is 2.40. The molecule has 0 spiro atoms. The van der Waals surface area contributed by atoms with Gasteiger partial charge in [-0.2, -0.15) is 9.97 Å². The van der Waals surface area contributed by atoms with E-state index in [1.165, 1.54) is 72.0 Å². The Hall–Kier alpha value is -3.91. The van der Waals surface area contributed by atoms with E-state index in [0.29, 0.717) is 12.6 Å². The highest BCUT2D eigenvalue weighted by Gasteiger charge is 2.45. The monoisotopic (exact) mass is 589 g/mol. The molecule has 2 aromatic carbocycles. The largest absolute Gasteiger partial charge is 0.461 e. The third-order valence-electron chi connectivity index (χ3n) is 10.6. The van der Waals surface area contributed by atoms with Crippen molar-refractivity contribution in [1.82, 2.24) is 19.9 Å². The number of aromatic nitrogens is 3. The van der Waals surface area contributed by atoms with E-state index < -0.39 is 0 Å². The Kier molecular flexibility index (Phi) is 7.25. The molecule has 0 bridgehead atoms. The molecule has 3 saturated heterocycles. The summed E-state index contributed by atoms with van der Waals surface area (Å²) in [7, 11) is 0. The third-order valence-corrected chi connectivity index (χ3v) is 10.6. The smallest absolute Gasteiger partial charge is 0.318 e. The molecular formula is C36H43N7O. The van der Waals surface area contributed by atoms with Crippen LogP contribution < -0.4 is 19.4 Å². The molecule has 228 valence electrons. The van der Waals surface area contributed by atoms with Gasteiger partial charge in [-0.15, -0.1) is 0 Å². The lowest BCUT2D eigenvalue weighted by Gasteiger charge is -2.39. The van der Waals surface area contributed by atoms with E-state index in [1.54, 1.807) is 0 Å². The highest BCUT2D eigenvalue weighted by molar-refractivity contribution is 5.97. The molecule has 4 aliphatic rings. The first-order valence-electron chi connectivity index (χ1n) is 16.6. The highest BCUT2D eigenvalue weighted by atomic mass is 16.5. The van der Waals surface area contributed by atoms with Crippen molar-refractivity contribution in [3.05, 3.63) is 77.7 Å². The van der Waals surface area contributed by atoms with E-state index in [0.717, 1.165) is 63.6 Å². The first-order chi connectivity index (χ1) is 21.7. The summed E-state index contributed by atoms with van der Waals surface area (Å²) in [5.41, 5.74) is 6.48. The summed E-state index contributed by atoms with van der Waals surface area (Å²) in [6, 6.07) is 18.1. The predicted octanol–water partition coefficient (Wildman–Crippen LogP) is 5.48. The molecule has 6 heterocycles. The molecular weight excluding hydrogens is 546 g/mol. The van der Waals surface area contributed by atoms with E-state index in [1.807, 2.05) is 18.5 Å². The Balaban J connectivity index is 1.11. The van der Waals surface area contributed by atoms with Crippen molar-refractivity contribution >= 4 is 28.0 Å². The van der Waals surface area contributed by atoms with Crippen molar-refractivity contribution in [3.63, 3.8) is 0 Å². The maximum atomic E-state index is 6.60. The molecule has 0 atom stereocenters. The zero-order valence-corrected chi connectivity index (χ0v) is 25.9. The molecule has 4 aliphatic heterocycles. The number of hydrogen-bond acceptors (Lipinski definition) is 8. The van der Waals surface area contributed by atoms with E-state index in [9.17, 15) is 0 Å². The fraction of sp³-hybridized carbons (Fsp3) is 0.472. The maximum Gasteiger partial charge on any atom is 0.318 e. The van der Waals surface area contributed by atoms with Crippen molar-refractivity contribution in [2.45, 2.75) is 57.5 Å². The number of piperazine rings is 1. The summed E-state index contributed by atoms with van der Waals surface area (Å²) in [5.74, 6) is 1.08. The molecule has 3 fully saturated rings. The minimum atomic E-state index is 0.167. The van der Waals surface area contributed by atoms with Crippen LogP contribution in [-0.4, -0.2) is 77.8 Å². The van der Waals surface area contributed by atoms with Gasteiger partial charge in [-0.05, 0) is 80.8 Å². The number of anilines is 3. The van der Waals surface area contributed by atoms with E-state index in [2.05, 4.69) is 74.0 Å². The van der Waals surface area contributed by atoms with Crippen LogP contribution in [-0.2, 0) is 19.4 Å². The maximum absolute atomic E-state index is 6.60. The summed E-state index contributed by atoms with van der Waals surface area (Å²) in [5, 5.41) is 2.68. The Bertz CT molecular complexity index is 1620.